The van der Waals surface area contributed by atoms with E-state index in [1.807, 2.05) is 13.8 Å². The summed E-state index contributed by atoms with van der Waals surface area (Å²) in [7, 11) is 0. The summed E-state index contributed by atoms with van der Waals surface area (Å²) in [5.74, 6) is -0.216. The topological polar surface area (TPSA) is 62.3 Å². The van der Waals surface area contributed by atoms with Crippen LogP contribution in [0.25, 0.3) is 0 Å². The highest BCUT2D eigenvalue weighted by Crippen LogP contribution is 2.19. The third-order valence-corrected chi connectivity index (χ3v) is 3.43. The fourth-order valence-corrected chi connectivity index (χ4v) is 2.20. The maximum atomic E-state index is 12.5. The molecule has 1 aromatic rings. The molecule has 1 aromatic heterocycles. The first kappa shape index (κ1) is 15.5. The van der Waals surface area contributed by atoms with Crippen molar-refractivity contribution < 1.29 is 9.59 Å². The summed E-state index contributed by atoms with van der Waals surface area (Å²) in [6, 6.07) is 3.55. The molecule has 0 atom stereocenters. The molecular formula is C16H23N3O2. The molecule has 0 saturated heterocycles. The molecule has 1 aliphatic carbocycles. The van der Waals surface area contributed by atoms with Crippen molar-refractivity contribution in [1.82, 2.24) is 15.2 Å². The SMILES string of the molecule is CCCN(CCC)C(=O)c1cc(C(=O)NC2CC2)ccn1. The number of amides is 2. The third-order valence-electron chi connectivity index (χ3n) is 3.43. The smallest absolute Gasteiger partial charge is 0.272 e. The van der Waals surface area contributed by atoms with Gasteiger partial charge in [-0.05, 0) is 37.8 Å². The standard InChI is InChI=1S/C16H23N3O2/c1-3-9-19(10-4-2)16(21)14-11-12(7-8-17-14)15(20)18-13-5-6-13/h7-8,11,13H,3-6,9-10H2,1-2H3,(H,18,20). The van der Waals surface area contributed by atoms with E-state index in [1.165, 1.54) is 6.20 Å². The van der Waals surface area contributed by atoms with E-state index in [4.69, 9.17) is 0 Å². The van der Waals surface area contributed by atoms with Crippen LogP contribution >= 0.6 is 0 Å². The summed E-state index contributed by atoms with van der Waals surface area (Å²) < 4.78 is 0. The van der Waals surface area contributed by atoms with Gasteiger partial charge < -0.3 is 10.2 Å². The second kappa shape index (κ2) is 7.20. The molecule has 0 unspecified atom stereocenters. The van der Waals surface area contributed by atoms with Gasteiger partial charge in [0.2, 0.25) is 0 Å². The second-order valence-corrected chi connectivity index (χ2v) is 5.47. The van der Waals surface area contributed by atoms with Crippen molar-refractivity contribution in [2.24, 2.45) is 0 Å². The Bertz CT molecular complexity index is 506. The van der Waals surface area contributed by atoms with Gasteiger partial charge in [-0.3, -0.25) is 14.6 Å². The van der Waals surface area contributed by atoms with Crippen molar-refractivity contribution in [2.45, 2.75) is 45.6 Å². The molecule has 1 N–H and O–H groups in total. The Morgan fingerprint density at radius 2 is 1.95 bits per heavy atom. The molecule has 0 aliphatic heterocycles. The fraction of sp³-hybridized carbons (Fsp3) is 0.562. The van der Waals surface area contributed by atoms with Crippen LogP contribution in [0.1, 0.15) is 60.4 Å². The molecule has 1 aliphatic rings. The van der Waals surface area contributed by atoms with Crippen LogP contribution in [-0.4, -0.2) is 40.8 Å². The van der Waals surface area contributed by atoms with E-state index >= 15 is 0 Å². The van der Waals surface area contributed by atoms with Crippen LogP contribution in [0.4, 0.5) is 0 Å². The monoisotopic (exact) mass is 289 g/mol. The highest BCUT2D eigenvalue weighted by atomic mass is 16.2. The number of nitrogens with one attached hydrogen (secondary N) is 1. The van der Waals surface area contributed by atoms with Crippen molar-refractivity contribution in [3.05, 3.63) is 29.6 Å². The van der Waals surface area contributed by atoms with E-state index in [1.54, 1.807) is 17.0 Å². The lowest BCUT2D eigenvalue weighted by Gasteiger charge is -2.21. The van der Waals surface area contributed by atoms with Crippen LogP contribution in [0.2, 0.25) is 0 Å². The highest BCUT2D eigenvalue weighted by molar-refractivity contribution is 5.98. The predicted octanol–water partition coefficient (Wildman–Crippen LogP) is 2.24. The summed E-state index contributed by atoms with van der Waals surface area (Å²) in [5, 5.41) is 2.92. The van der Waals surface area contributed by atoms with Gasteiger partial charge in [-0.2, -0.15) is 0 Å². The third kappa shape index (κ3) is 4.28. The summed E-state index contributed by atoms with van der Waals surface area (Å²) in [4.78, 5) is 30.4. The first-order valence-corrected chi connectivity index (χ1v) is 7.71. The first-order chi connectivity index (χ1) is 10.2. The van der Waals surface area contributed by atoms with E-state index in [0.29, 0.717) is 30.4 Å². The average Bonchev–Trinajstić information content (AvgIpc) is 3.30. The Kier molecular flexibility index (Phi) is 5.31. The Hall–Kier alpha value is -1.91. The van der Waals surface area contributed by atoms with Gasteiger partial charge in [0.15, 0.2) is 0 Å². The zero-order valence-electron chi connectivity index (χ0n) is 12.8. The quantitative estimate of drug-likeness (QED) is 0.837. The van der Waals surface area contributed by atoms with Crippen molar-refractivity contribution in [1.29, 1.82) is 0 Å². The van der Waals surface area contributed by atoms with Crippen LogP contribution in [0.15, 0.2) is 18.3 Å². The van der Waals surface area contributed by atoms with E-state index in [-0.39, 0.29) is 11.8 Å². The molecule has 0 spiro atoms. The summed E-state index contributed by atoms with van der Waals surface area (Å²) in [5.41, 5.74) is 0.855. The number of carbonyl (C=O) groups excluding carboxylic acids is 2. The second-order valence-electron chi connectivity index (χ2n) is 5.47. The molecular weight excluding hydrogens is 266 g/mol. The maximum absolute atomic E-state index is 12.5. The molecule has 21 heavy (non-hydrogen) atoms. The number of nitrogens with zero attached hydrogens (tertiary/aromatic N) is 2. The number of hydrogen-bond donors (Lipinski definition) is 1. The summed E-state index contributed by atoms with van der Waals surface area (Å²) in [6.45, 7) is 5.52. The van der Waals surface area contributed by atoms with E-state index < -0.39 is 0 Å². The number of rotatable bonds is 7. The zero-order chi connectivity index (χ0) is 15.2. The van der Waals surface area contributed by atoms with E-state index in [0.717, 1.165) is 25.7 Å². The van der Waals surface area contributed by atoms with Crippen molar-refractivity contribution in [2.75, 3.05) is 13.1 Å². The van der Waals surface area contributed by atoms with Crippen molar-refractivity contribution in [3.8, 4) is 0 Å². The number of carbonyl (C=O) groups is 2. The average molecular weight is 289 g/mol. The minimum absolute atomic E-state index is 0.0974. The predicted molar refractivity (Wildman–Crippen MR) is 81.2 cm³/mol. The Morgan fingerprint density at radius 3 is 2.52 bits per heavy atom. The normalized spacial score (nSPS) is 13.8. The fourth-order valence-electron chi connectivity index (χ4n) is 2.20. The molecule has 1 fully saturated rings. The molecule has 0 bridgehead atoms. The van der Waals surface area contributed by atoms with Gasteiger partial charge in [0, 0.05) is 30.9 Å². The van der Waals surface area contributed by atoms with Crippen LogP contribution in [0.3, 0.4) is 0 Å². The first-order valence-electron chi connectivity index (χ1n) is 7.71. The van der Waals surface area contributed by atoms with Gasteiger partial charge in [-0.1, -0.05) is 13.8 Å². The van der Waals surface area contributed by atoms with E-state index in [9.17, 15) is 9.59 Å². The maximum Gasteiger partial charge on any atom is 0.272 e. The lowest BCUT2D eigenvalue weighted by Crippen LogP contribution is -2.33. The summed E-state index contributed by atoms with van der Waals surface area (Å²) in [6.07, 6.45) is 5.44. The Morgan fingerprint density at radius 1 is 1.29 bits per heavy atom. The molecule has 2 rings (SSSR count). The van der Waals surface area contributed by atoms with E-state index in [2.05, 4.69) is 10.3 Å². The lowest BCUT2D eigenvalue weighted by atomic mass is 10.2. The summed E-state index contributed by atoms with van der Waals surface area (Å²) >= 11 is 0. The number of aromatic nitrogens is 1. The van der Waals surface area contributed by atoms with Gasteiger partial charge in [0.25, 0.3) is 11.8 Å². The lowest BCUT2D eigenvalue weighted by molar-refractivity contribution is 0.0749. The van der Waals surface area contributed by atoms with Gasteiger partial charge in [-0.15, -0.1) is 0 Å². The van der Waals surface area contributed by atoms with Gasteiger partial charge >= 0.3 is 0 Å². The molecule has 114 valence electrons. The van der Waals surface area contributed by atoms with Crippen LogP contribution < -0.4 is 5.32 Å². The highest BCUT2D eigenvalue weighted by Gasteiger charge is 2.24. The Labute approximate surface area is 125 Å². The minimum Gasteiger partial charge on any atom is -0.349 e. The molecule has 5 nitrogen and oxygen atoms in total. The molecule has 2 amide bonds. The van der Waals surface area contributed by atoms with Crippen molar-refractivity contribution in [3.63, 3.8) is 0 Å². The molecule has 0 radical (unpaired) electrons. The molecule has 1 heterocycles. The molecule has 5 heteroatoms. The minimum atomic E-state index is -0.119. The van der Waals surface area contributed by atoms with Gasteiger partial charge in [0.05, 0.1) is 0 Å². The van der Waals surface area contributed by atoms with Crippen LogP contribution in [0, 0.1) is 0 Å². The van der Waals surface area contributed by atoms with Gasteiger partial charge in [0.1, 0.15) is 5.69 Å². The molecule has 1 saturated carbocycles. The van der Waals surface area contributed by atoms with Crippen LogP contribution in [0.5, 0.6) is 0 Å². The van der Waals surface area contributed by atoms with Crippen molar-refractivity contribution >= 4 is 11.8 Å². The Balaban J connectivity index is 2.10. The number of pyridine rings is 1. The number of hydrogen-bond acceptors (Lipinski definition) is 3. The largest absolute Gasteiger partial charge is 0.349 e. The zero-order valence-corrected chi connectivity index (χ0v) is 12.8. The van der Waals surface area contributed by atoms with Crippen LogP contribution in [-0.2, 0) is 0 Å². The molecule has 0 aromatic carbocycles. The van der Waals surface area contributed by atoms with Gasteiger partial charge in [-0.25, -0.2) is 0 Å².